The van der Waals surface area contributed by atoms with Crippen molar-refractivity contribution in [1.29, 1.82) is 0 Å². The van der Waals surface area contributed by atoms with Crippen LogP contribution in [0.3, 0.4) is 0 Å². The molecule has 0 aromatic carbocycles. The molecule has 7 heteroatoms. The average Bonchev–Trinajstić information content (AvgIpc) is 2.84. The molecule has 1 N–H and O–H groups in total. The molecule has 1 aromatic rings. The average molecular weight is 345 g/mol. The SMILES string of the molecule is CC(=O)N[C@H]1CN(C(C)=O)C2(CCN(c3cc(C)nc(C)n3)CC2)C1. The fourth-order valence-electron chi connectivity index (χ4n) is 4.38. The largest absolute Gasteiger partial charge is 0.356 e. The van der Waals surface area contributed by atoms with Gasteiger partial charge in [0.15, 0.2) is 0 Å². The number of amides is 2. The molecule has 2 aliphatic rings. The molecular weight excluding hydrogens is 318 g/mol. The quantitative estimate of drug-likeness (QED) is 0.871. The molecule has 0 aliphatic carbocycles. The van der Waals surface area contributed by atoms with Gasteiger partial charge >= 0.3 is 0 Å². The van der Waals surface area contributed by atoms with Gasteiger partial charge in [-0.25, -0.2) is 9.97 Å². The zero-order valence-electron chi connectivity index (χ0n) is 15.5. The minimum atomic E-state index is -0.146. The predicted octanol–water partition coefficient (Wildman–Crippen LogP) is 1.19. The molecular formula is C18H27N5O2. The molecule has 1 aromatic heterocycles. The maximum atomic E-state index is 12.2. The second kappa shape index (κ2) is 6.61. The molecule has 2 fully saturated rings. The van der Waals surface area contributed by atoms with E-state index in [1.54, 1.807) is 6.92 Å². The Morgan fingerprint density at radius 2 is 1.88 bits per heavy atom. The van der Waals surface area contributed by atoms with Gasteiger partial charge in [-0.1, -0.05) is 0 Å². The molecule has 2 saturated heterocycles. The van der Waals surface area contributed by atoms with E-state index in [2.05, 4.69) is 20.2 Å². The summed E-state index contributed by atoms with van der Waals surface area (Å²) >= 11 is 0. The summed E-state index contributed by atoms with van der Waals surface area (Å²) in [6, 6.07) is 2.07. The van der Waals surface area contributed by atoms with E-state index in [0.29, 0.717) is 6.54 Å². The van der Waals surface area contributed by atoms with E-state index >= 15 is 0 Å². The first kappa shape index (κ1) is 17.6. The Morgan fingerprint density at radius 1 is 1.20 bits per heavy atom. The van der Waals surface area contributed by atoms with Crippen LogP contribution in [0, 0.1) is 13.8 Å². The summed E-state index contributed by atoms with van der Waals surface area (Å²) in [4.78, 5) is 36.7. The number of anilines is 1. The third-order valence-electron chi connectivity index (χ3n) is 5.36. The summed E-state index contributed by atoms with van der Waals surface area (Å²) in [5.74, 6) is 1.81. The molecule has 1 spiro atoms. The lowest BCUT2D eigenvalue weighted by Crippen LogP contribution is -2.53. The minimum Gasteiger partial charge on any atom is -0.356 e. The molecule has 0 bridgehead atoms. The molecule has 1 atom stereocenters. The highest BCUT2D eigenvalue weighted by molar-refractivity contribution is 5.76. The lowest BCUT2D eigenvalue weighted by molar-refractivity contribution is -0.133. The van der Waals surface area contributed by atoms with E-state index in [4.69, 9.17) is 0 Å². The first-order valence-corrected chi connectivity index (χ1v) is 8.92. The fraction of sp³-hybridized carbons (Fsp3) is 0.667. The molecule has 3 rings (SSSR count). The van der Waals surface area contributed by atoms with Gasteiger partial charge in [-0.3, -0.25) is 9.59 Å². The van der Waals surface area contributed by atoms with E-state index in [9.17, 15) is 9.59 Å². The highest BCUT2D eigenvalue weighted by Gasteiger charge is 2.48. The van der Waals surface area contributed by atoms with Crippen molar-refractivity contribution in [3.8, 4) is 0 Å². The van der Waals surface area contributed by atoms with E-state index in [1.165, 1.54) is 6.92 Å². The van der Waals surface area contributed by atoms with E-state index in [1.807, 2.05) is 24.8 Å². The number of nitrogens with zero attached hydrogens (tertiary/aromatic N) is 4. The van der Waals surface area contributed by atoms with Crippen molar-refractivity contribution in [2.24, 2.45) is 0 Å². The molecule has 25 heavy (non-hydrogen) atoms. The van der Waals surface area contributed by atoms with Crippen LogP contribution >= 0.6 is 0 Å². The second-order valence-electron chi connectivity index (χ2n) is 7.36. The van der Waals surface area contributed by atoms with Gasteiger partial charge in [0.2, 0.25) is 11.8 Å². The van der Waals surface area contributed by atoms with Crippen LogP contribution in [0.15, 0.2) is 6.07 Å². The van der Waals surface area contributed by atoms with Gasteiger partial charge in [0.05, 0.1) is 0 Å². The summed E-state index contributed by atoms with van der Waals surface area (Å²) in [6.45, 7) is 9.37. The number of hydrogen-bond acceptors (Lipinski definition) is 5. The van der Waals surface area contributed by atoms with Crippen LogP contribution in [0.2, 0.25) is 0 Å². The number of carbonyl (C=O) groups is 2. The van der Waals surface area contributed by atoms with Crippen LogP contribution in [0.1, 0.15) is 44.6 Å². The smallest absolute Gasteiger partial charge is 0.219 e. The molecule has 0 saturated carbocycles. The number of likely N-dealkylation sites (tertiary alicyclic amines) is 1. The molecule has 0 unspecified atom stereocenters. The fourth-order valence-corrected chi connectivity index (χ4v) is 4.38. The highest BCUT2D eigenvalue weighted by atomic mass is 16.2. The molecule has 2 aliphatic heterocycles. The maximum Gasteiger partial charge on any atom is 0.219 e. The minimum absolute atomic E-state index is 0.0325. The van der Waals surface area contributed by atoms with Crippen LogP contribution in [0.25, 0.3) is 0 Å². The Bertz CT molecular complexity index is 662. The number of nitrogens with one attached hydrogen (secondary N) is 1. The van der Waals surface area contributed by atoms with E-state index in [0.717, 1.165) is 49.7 Å². The number of aromatic nitrogens is 2. The van der Waals surface area contributed by atoms with Crippen molar-refractivity contribution in [3.63, 3.8) is 0 Å². The van der Waals surface area contributed by atoms with Gasteiger partial charge in [0, 0.05) is 56.8 Å². The number of piperidine rings is 1. The summed E-state index contributed by atoms with van der Waals surface area (Å²) in [5.41, 5.74) is 0.826. The van der Waals surface area contributed by atoms with Crippen molar-refractivity contribution in [2.75, 3.05) is 24.5 Å². The van der Waals surface area contributed by atoms with E-state index in [-0.39, 0.29) is 23.4 Å². The van der Waals surface area contributed by atoms with Gasteiger partial charge in [0.1, 0.15) is 11.6 Å². The van der Waals surface area contributed by atoms with Gasteiger partial charge < -0.3 is 15.1 Å². The Balaban J connectivity index is 1.74. The third kappa shape index (κ3) is 3.60. The number of hydrogen-bond donors (Lipinski definition) is 1. The summed E-state index contributed by atoms with van der Waals surface area (Å²) in [5, 5.41) is 2.99. The topological polar surface area (TPSA) is 78.4 Å². The van der Waals surface area contributed by atoms with Crippen molar-refractivity contribution in [1.82, 2.24) is 20.2 Å². The zero-order valence-corrected chi connectivity index (χ0v) is 15.5. The van der Waals surface area contributed by atoms with Gasteiger partial charge in [-0.05, 0) is 33.1 Å². The number of aryl methyl sites for hydroxylation is 2. The maximum absolute atomic E-state index is 12.2. The molecule has 7 nitrogen and oxygen atoms in total. The van der Waals surface area contributed by atoms with Gasteiger partial charge in [-0.2, -0.15) is 0 Å². The molecule has 0 radical (unpaired) electrons. The van der Waals surface area contributed by atoms with Crippen molar-refractivity contribution in [2.45, 2.75) is 58.5 Å². The Kier molecular flexibility index (Phi) is 4.67. The summed E-state index contributed by atoms with van der Waals surface area (Å²) in [6.07, 6.45) is 2.62. The lowest BCUT2D eigenvalue weighted by Gasteiger charge is -2.45. The van der Waals surface area contributed by atoms with Crippen LogP contribution < -0.4 is 10.2 Å². The first-order chi connectivity index (χ1) is 11.8. The number of carbonyl (C=O) groups excluding carboxylic acids is 2. The van der Waals surface area contributed by atoms with Crippen LogP contribution in [0.5, 0.6) is 0 Å². The van der Waals surface area contributed by atoms with Gasteiger partial charge in [0.25, 0.3) is 0 Å². The number of rotatable bonds is 2. The molecule has 3 heterocycles. The highest BCUT2D eigenvalue weighted by Crippen LogP contribution is 2.39. The second-order valence-corrected chi connectivity index (χ2v) is 7.36. The van der Waals surface area contributed by atoms with E-state index < -0.39 is 0 Å². The zero-order chi connectivity index (χ0) is 18.2. The Labute approximate surface area is 148 Å². The van der Waals surface area contributed by atoms with Crippen molar-refractivity contribution < 1.29 is 9.59 Å². The van der Waals surface area contributed by atoms with Crippen molar-refractivity contribution >= 4 is 17.6 Å². The molecule has 136 valence electrons. The van der Waals surface area contributed by atoms with Crippen molar-refractivity contribution in [3.05, 3.63) is 17.6 Å². The summed E-state index contributed by atoms with van der Waals surface area (Å²) < 4.78 is 0. The lowest BCUT2D eigenvalue weighted by atomic mass is 9.84. The third-order valence-corrected chi connectivity index (χ3v) is 5.36. The Morgan fingerprint density at radius 3 is 2.44 bits per heavy atom. The predicted molar refractivity (Wildman–Crippen MR) is 95.3 cm³/mol. The first-order valence-electron chi connectivity index (χ1n) is 8.92. The van der Waals surface area contributed by atoms with Crippen LogP contribution in [-0.2, 0) is 9.59 Å². The normalized spacial score (nSPS) is 22.3. The Hall–Kier alpha value is -2.18. The van der Waals surface area contributed by atoms with Crippen LogP contribution in [0.4, 0.5) is 5.82 Å². The van der Waals surface area contributed by atoms with Gasteiger partial charge in [-0.15, -0.1) is 0 Å². The molecule has 2 amide bonds. The monoisotopic (exact) mass is 345 g/mol. The standard InChI is InChI=1S/C18H27N5O2/c1-12-9-17(20-13(2)19-12)22-7-5-18(6-8-22)10-16(21-14(3)24)11-23(18)15(4)25/h9,16H,5-8,10-11H2,1-4H3,(H,21,24)/t16-/m1/s1. The summed E-state index contributed by atoms with van der Waals surface area (Å²) in [7, 11) is 0. The van der Waals surface area contributed by atoms with Crippen LogP contribution in [-0.4, -0.2) is 57.9 Å².